The predicted octanol–water partition coefficient (Wildman–Crippen LogP) is 2.42. The van der Waals surface area contributed by atoms with Gasteiger partial charge in [-0.05, 0) is 26.0 Å². The third-order valence-corrected chi connectivity index (χ3v) is 4.82. The van der Waals surface area contributed by atoms with E-state index >= 15 is 0 Å². The normalized spacial score (nSPS) is 17.0. The van der Waals surface area contributed by atoms with E-state index in [1.54, 1.807) is 0 Å². The van der Waals surface area contributed by atoms with E-state index in [9.17, 15) is 5.26 Å². The lowest BCUT2D eigenvalue weighted by Gasteiger charge is -2.37. The molecule has 0 amide bonds. The largest absolute Gasteiger partial charge is 0.369 e. The highest BCUT2D eigenvalue weighted by molar-refractivity contribution is 5.46. The molecule has 1 aliphatic heterocycles. The predicted molar refractivity (Wildman–Crippen MR) is 91.3 cm³/mol. The molecule has 5 nitrogen and oxygen atoms in total. The van der Waals surface area contributed by atoms with Gasteiger partial charge < -0.3 is 9.47 Å². The van der Waals surface area contributed by atoms with Gasteiger partial charge in [-0.15, -0.1) is 0 Å². The smallest absolute Gasteiger partial charge is 0.142 e. The molecule has 1 unspecified atom stereocenters. The van der Waals surface area contributed by atoms with E-state index in [1.807, 2.05) is 27.0 Å². The van der Waals surface area contributed by atoms with E-state index < -0.39 is 0 Å². The molecule has 0 bridgehead atoms. The molecule has 23 heavy (non-hydrogen) atoms. The van der Waals surface area contributed by atoms with Crippen LogP contribution in [0.15, 0.2) is 30.3 Å². The molecule has 0 aliphatic carbocycles. The summed E-state index contributed by atoms with van der Waals surface area (Å²) in [6.07, 6.45) is 0. The Morgan fingerprint density at radius 2 is 1.74 bits per heavy atom. The molecule has 2 aromatic rings. The van der Waals surface area contributed by atoms with Gasteiger partial charge in [-0.1, -0.05) is 18.2 Å². The zero-order chi connectivity index (χ0) is 16.4. The number of hydrogen-bond acceptors (Lipinski definition) is 4. The van der Waals surface area contributed by atoms with Crippen LogP contribution in [-0.4, -0.2) is 40.6 Å². The van der Waals surface area contributed by atoms with Crippen LogP contribution in [-0.2, 0) is 7.05 Å². The van der Waals surface area contributed by atoms with E-state index in [0.717, 1.165) is 43.4 Å². The molecule has 1 aliphatic rings. The molecule has 0 saturated carbocycles. The summed E-state index contributed by atoms with van der Waals surface area (Å²) in [7, 11) is 2.00. The van der Waals surface area contributed by atoms with Gasteiger partial charge in [0.15, 0.2) is 0 Å². The first-order valence-electron chi connectivity index (χ1n) is 8.05. The summed E-state index contributed by atoms with van der Waals surface area (Å²) in [4.78, 5) is 9.24. The number of imidazole rings is 1. The molecule has 0 radical (unpaired) electrons. The van der Waals surface area contributed by atoms with Gasteiger partial charge in [0.25, 0.3) is 0 Å². The van der Waals surface area contributed by atoms with Crippen molar-refractivity contribution < 1.29 is 0 Å². The Morgan fingerprint density at radius 3 is 2.26 bits per heavy atom. The molecule has 5 heteroatoms. The number of para-hydroxylation sites is 1. The van der Waals surface area contributed by atoms with Crippen LogP contribution in [0.4, 0.5) is 5.69 Å². The average Bonchev–Trinajstić information content (AvgIpc) is 2.85. The lowest BCUT2D eigenvalue weighted by Crippen LogP contribution is -2.47. The molecule has 1 aromatic carbocycles. The van der Waals surface area contributed by atoms with Crippen LogP contribution < -0.4 is 4.90 Å². The summed E-state index contributed by atoms with van der Waals surface area (Å²) < 4.78 is 2.06. The van der Waals surface area contributed by atoms with Crippen LogP contribution >= 0.6 is 0 Å². The van der Waals surface area contributed by atoms with Crippen molar-refractivity contribution in [3.63, 3.8) is 0 Å². The van der Waals surface area contributed by atoms with Gasteiger partial charge in [0, 0.05) is 44.6 Å². The highest BCUT2D eigenvalue weighted by atomic mass is 15.3. The minimum absolute atomic E-state index is 0.257. The maximum atomic E-state index is 9.68. The van der Waals surface area contributed by atoms with E-state index in [4.69, 9.17) is 0 Å². The topological polar surface area (TPSA) is 48.1 Å². The van der Waals surface area contributed by atoms with Crippen LogP contribution in [0.2, 0.25) is 0 Å². The third-order valence-electron chi connectivity index (χ3n) is 4.82. The Hall–Kier alpha value is -2.32. The Kier molecular flexibility index (Phi) is 4.35. The third kappa shape index (κ3) is 2.95. The van der Waals surface area contributed by atoms with E-state index in [0.29, 0.717) is 0 Å². The first kappa shape index (κ1) is 15.6. The number of nitrogens with zero attached hydrogens (tertiary/aromatic N) is 5. The number of anilines is 1. The summed E-state index contributed by atoms with van der Waals surface area (Å²) in [6.45, 7) is 7.66. The molecule has 0 N–H and O–H groups in total. The fourth-order valence-corrected chi connectivity index (χ4v) is 3.20. The number of nitriles is 1. The molecule has 1 saturated heterocycles. The van der Waals surface area contributed by atoms with Crippen LogP contribution in [0.5, 0.6) is 0 Å². The van der Waals surface area contributed by atoms with E-state index in [-0.39, 0.29) is 6.04 Å². The molecule has 1 fully saturated rings. The number of benzene rings is 1. The minimum atomic E-state index is -0.257. The van der Waals surface area contributed by atoms with Gasteiger partial charge in [0.2, 0.25) is 0 Å². The SMILES string of the molecule is Cc1nc(C(C#N)N2CCN(c3ccccc3)CC2)c(C)n1C. The minimum Gasteiger partial charge on any atom is -0.369 e. The molecule has 3 rings (SSSR count). The summed E-state index contributed by atoms with van der Waals surface area (Å²) in [5.74, 6) is 0.959. The zero-order valence-electron chi connectivity index (χ0n) is 14.0. The second-order valence-electron chi connectivity index (χ2n) is 6.08. The van der Waals surface area contributed by atoms with Crippen molar-refractivity contribution in [3.8, 4) is 6.07 Å². The molecule has 0 spiro atoms. The fourth-order valence-electron chi connectivity index (χ4n) is 3.20. The summed E-state index contributed by atoms with van der Waals surface area (Å²) in [6, 6.07) is 12.7. The van der Waals surface area contributed by atoms with Crippen molar-refractivity contribution in [2.45, 2.75) is 19.9 Å². The van der Waals surface area contributed by atoms with Gasteiger partial charge in [-0.3, -0.25) is 4.90 Å². The average molecular weight is 309 g/mol. The lowest BCUT2D eigenvalue weighted by molar-refractivity contribution is 0.219. The number of piperazine rings is 1. The number of aromatic nitrogens is 2. The second-order valence-corrected chi connectivity index (χ2v) is 6.08. The van der Waals surface area contributed by atoms with Crippen molar-refractivity contribution in [2.24, 2.45) is 7.05 Å². The van der Waals surface area contributed by atoms with Gasteiger partial charge in [-0.2, -0.15) is 5.26 Å². The molecule has 120 valence electrons. The maximum Gasteiger partial charge on any atom is 0.142 e. The van der Waals surface area contributed by atoms with Crippen molar-refractivity contribution in [3.05, 3.63) is 47.5 Å². The molecule has 1 atom stereocenters. The van der Waals surface area contributed by atoms with Gasteiger partial charge in [0.1, 0.15) is 11.9 Å². The van der Waals surface area contributed by atoms with Crippen molar-refractivity contribution >= 4 is 5.69 Å². The molecule has 1 aromatic heterocycles. The number of rotatable bonds is 3. The zero-order valence-corrected chi connectivity index (χ0v) is 14.0. The van der Waals surface area contributed by atoms with Crippen molar-refractivity contribution in [1.29, 1.82) is 5.26 Å². The molecular weight excluding hydrogens is 286 g/mol. The van der Waals surface area contributed by atoms with Crippen molar-refractivity contribution in [1.82, 2.24) is 14.5 Å². The molecule has 2 heterocycles. The fraction of sp³-hybridized carbons (Fsp3) is 0.444. The first-order chi connectivity index (χ1) is 11.1. The standard InChI is InChI=1S/C18H23N5/c1-14-18(20-15(2)21(14)3)17(13-19)23-11-9-22(10-12-23)16-7-5-4-6-8-16/h4-8,17H,9-12H2,1-3H3. The van der Waals surface area contributed by atoms with Gasteiger partial charge in [-0.25, -0.2) is 4.98 Å². The van der Waals surface area contributed by atoms with Crippen LogP contribution in [0, 0.1) is 25.2 Å². The van der Waals surface area contributed by atoms with Gasteiger partial charge in [0.05, 0.1) is 11.8 Å². The Morgan fingerprint density at radius 1 is 1.09 bits per heavy atom. The van der Waals surface area contributed by atoms with Crippen LogP contribution in [0.3, 0.4) is 0 Å². The van der Waals surface area contributed by atoms with E-state index in [2.05, 4.69) is 49.7 Å². The quantitative estimate of drug-likeness (QED) is 0.873. The Balaban J connectivity index is 1.73. The monoisotopic (exact) mass is 309 g/mol. The van der Waals surface area contributed by atoms with Crippen LogP contribution in [0.1, 0.15) is 23.3 Å². The Bertz CT molecular complexity index is 705. The highest BCUT2D eigenvalue weighted by Gasteiger charge is 2.28. The summed E-state index contributed by atoms with van der Waals surface area (Å²) in [5, 5.41) is 9.68. The maximum absolute atomic E-state index is 9.68. The first-order valence-corrected chi connectivity index (χ1v) is 8.05. The second kappa shape index (κ2) is 6.43. The summed E-state index contributed by atoms with van der Waals surface area (Å²) >= 11 is 0. The lowest BCUT2D eigenvalue weighted by atomic mass is 10.1. The Labute approximate surface area is 137 Å². The summed E-state index contributed by atoms with van der Waals surface area (Å²) in [5.41, 5.74) is 3.24. The van der Waals surface area contributed by atoms with Gasteiger partial charge >= 0.3 is 0 Å². The number of aryl methyl sites for hydroxylation is 1. The highest BCUT2D eigenvalue weighted by Crippen LogP contribution is 2.25. The molecular formula is C18H23N5. The number of hydrogen-bond donors (Lipinski definition) is 0. The van der Waals surface area contributed by atoms with E-state index in [1.165, 1.54) is 5.69 Å². The van der Waals surface area contributed by atoms with Crippen molar-refractivity contribution in [2.75, 3.05) is 31.1 Å². The van der Waals surface area contributed by atoms with Crippen LogP contribution in [0.25, 0.3) is 0 Å².